The number of carbonyl (C=O) groups excluding carboxylic acids is 2. The maximum atomic E-state index is 9.43. The predicted octanol–water partition coefficient (Wildman–Crippen LogP) is 0.841. The molecule has 6 N–H and O–H groups in total. The van der Waals surface area contributed by atoms with Crippen LogP contribution >= 0.6 is 23.2 Å². The molecule has 0 aliphatic rings. The molecule has 0 saturated carbocycles. The van der Waals surface area contributed by atoms with Gasteiger partial charge in [-0.2, -0.15) is 0 Å². The van der Waals surface area contributed by atoms with Crippen LogP contribution in [0.3, 0.4) is 0 Å². The van der Waals surface area contributed by atoms with Crippen molar-refractivity contribution in [1.82, 2.24) is 12.3 Å². The van der Waals surface area contributed by atoms with Crippen LogP contribution in [0.15, 0.2) is 0 Å². The van der Waals surface area contributed by atoms with Crippen molar-refractivity contribution in [2.45, 2.75) is 0 Å². The first kappa shape index (κ1) is 15.7. The van der Waals surface area contributed by atoms with E-state index in [0.29, 0.717) is 0 Å². The normalized spacial score (nSPS) is 5.75. The van der Waals surface area contributed by atoms with Crippen LogP contribution in [0.5, 0.6) is 0 Å². The van der Waals surface area contributed by atoms with Gasteiger partial charge in [-0.1, -0.05) is 0 Å². The Morgan fingerprint density at radius 2 is 1.00 bits per heavy atom. The van der Waals surface area contributed by atoms with Gasteiger partial charge in [-0.3, -0.25) is 9.59 Å². The van der Waals surface area contributed by atoms with E-state index in [2.05, 4.69) is 23.2 Å². The summed E-state index contributed by atoms with van der Waals surface area (Å²) in [6, 6.07) is 0. The molecule has 6 heteroatoms. The third-order valence-electron chi connectivity index (χ3n) is 0.155. The molecule has 0 aromatic rings. The first-order chi connectivity index (χ1) is 2.64. The number of rotatable bonds is 1. The molecule has 0 fully saturated rings. The topological polar surface area (TPSA) is 104 Å². The minimum absolute atomic E-state index is 0. The van der Waals surface area contributed by atoms with E-state index in [4.69, 9.17) is 0 Å². The van der Waals surface area contributed by atoms with Crippen LogP contribution in [0.4, 0.5) is 0 Å². The van der Waals surface area contributed by atoms with Crippen LogP contribution in [0.25, 0.3) is 0 Å². The number of halogens is 2. The summed E-state index contributed by atoms with van der Waals surface area (Å²) in [7, 11) is 0. The highest BCUT2D eigenvalue weighted by molar-refractivity contribution is 6.97. The minimum atomic E-state index is -1.14. The van der Waals surface area contributed by atoms with E-state index in [9.17, 15) is 9.59 Å². The molecule has 0 aliphatic heterocycles. The summed E-state index contributed by atoms with van der Waals surface area (Å²) in [4.78, 5) is 18.9. The first-order valence-corrected chi connectivity index (χ1v) is 1.79. The predicted molar refractivity (Wildman–Crippen MR) is 31.8 cm³/mol. The van der Waals surface area contributed by atoms with Crippen LogP contribution in [0.2, 0.25) is 0 Å². The summed E-state index contributed by atoms with van der Waals surface area (Å²) in [6.07, 6.45) is 0. The monoisotopic (exact) mass is 160 g/mol. The molecule has 0 aromatic heterocycles. The lowest BCUT2D eigenvalue weighted by Crippen LogP contribution is -1.94. The Balaban J connectivity index is -0.000000125. The second-order valence-electron chi connectivity index (χ2n) is 0.547. The standard InChI is InChI=1S/C2Cl2O2.2H3N/c3-1(5)2(4)6;;/h;2*1H3. The van der Waals surface area contributed by atoms with Crippen molar-refractivity contribution in [1.29, 1.82) is 0 Å². The van der Waals surface area contributed by atoms with E-state index in [-0.39, 0.29) is 12.3 Å². The van der Waals surface area contributed by atoms with Crippen molar-refractivity contribution in [2.75, 3.05) is 0 Å². The summed E-state index contributed by atoms with van der Waals surface area (Å²) in [5.74, 6) is 0. The van der Waals surface area contributed by atoms with Crippen molar-refractivity contribution >= 4 is 33.7 Å². The number of hydrogen-bond donors (Lipinski definition) is 2. The summed E-state index contributed by atoms with van der Waals surface area (Å²) in [6.45, 7) is 0. The third-order valence-corrected chi connectivity index (χ3v) is 0.595. The molecule has 8 heavy (non-hydrogen) atoms. The van der Waals surface area contributed by atoms with Crippen LogP contribution in [-0.4, -0.2) is 10.5 Å². The fourth-order valence-electron chi connectivity index (χ4n) is 0. The maximum absolute atomic E-state index is 9.43. The molecule has 0 aliphatic carbocycles. The van der Waals surface area contributed by atoms with Crippen LogP contribution in [0, 0.1) is 0 Å². The van der Waals surface area contributed by atoms with Crippen molar-refractivity contribution in [3.05, 3.63) is 0 Å². The van der Waals surface area contributed by atoms with Gasteiger partial charge in [0.05, 0.1) is 0 Å². The molecule has 0 bridgehead atoms. The van der Waals surface area contributed by atoms with Gasteiger partial charge in [0.25, 0.3) is 0 Å². The maximum Gasteiger partial charge on any atom is 0.304 e. The van der Waals surface area contributed by atoms with E-state index in [1.165, 1.54) is 0 Å². The molecule has 0 amide bonds. The Kier molecular flexibility index (Phi) is 13.4. The summed E-state index contributed by atoms with van der Waals surface area (Å²) >= 11 is 8.98. The SMILES string of the molecule is N.N.O=C(Cl)C(=O)Cl. The zero-order chi connectivity index (χ0) is 5.15. The highest BCUT2D eigenvalue weighted by Gasteiger charge is 2.01. The molecule has 4 nitrogen and oxygen atoms in total. The molecular formula is C2H6Cl2N2O2. The van der Waals surface area contributed by atoms with Gasteiger partial charge in [0.15, 0.2) is 0 Å². The minimum Gasteiger partial charge on any atom is -0.344 e. The molecule has 0 atom stereocenters. The van der Waals surface area contributed by atoms with Gasteiger partial charge < -0.3 is 12.3 Å². The van der Waals surface area contributed by atoms with E-state index >= 15 is 0 Å². The van der Waals surface area contributed by atoms with E-state index in [1.807, 2.05) is 0 Å². The Labute approximate surface area is 56.3 Å². The number of carbonyl (C=O) groups is 2. The molecule has 0 radical (unpaired) electrons. The fraction of sp³-hybridized carbons (Fsp3) is 0. The Morgan fingerprint density at radius 3 is 1.00 bits per heavy atom. The van der Waals surface area contributed by atoms with Gasteiger partial charge in [0, 0.05) is 0 Å². The second-order valence-corrected chi connectivity index (χ2v) is 1.23. The van der Waals surface area contributed by atoms with Gasteiger partial charge in [0.1, 0.15) is 0 Å². The van der Waals surface area contributed by atoms with Crippen molar-refractivity contribution in [3.8, 4) is 0 Å². The molecule has 0 spiro atoms. The lowest BCUT2D eigenvalue weighted by molar-refractivity contribution is -0.127. The quantitative estimate of drug-likeness (QED) is 0.439. The first-order valence-electron chi connectivity index (χ1n) is 1.04. The molecular weight excluding hydrogens is 155 g/mol. The molecule has 0 unspecified atom stereocenters. The van der Waals surface area contributed by atoms with Crippen molar-refractivity contribution in [2.24, 2.45) is 0 Å². The van der Waals surface area contributed by atoms with Gasteiger partial charge >= 0.3 is 10.5 Å². The Bertz CT molecular complexity index is 82.0. The third kappa shape index (κ3) is 9.28. The van der Waals surface area contributed by atoms with E-state index in [1.54, 1.807) is 0 Å². The number of hydrogen-bond acceptors (Lipinski definition) is 4. The lowest BCUT2D eigenvalue weighted by Gasteiger charge is -1.67. The average molecular weight is 161 g/mol. The Hall–Kier alpha value is -0.160. The van der Waals surface area contributed by atoms with Crippen molar-refractivity contribution in [3.63, 3.8) is 0 Å². The lowest BCUT2D eigenvalue weighted by atomic mass is 10.9. The van der Waals surface area contributed by atoms with Crippen LogP contribution in [-0.2, 0) is 9.59 Å². The molecule has 0 rings (SSSR count). The molecule has 0 aromatic carbocycles. The zero-order valence-electron chi connectivity index (χ0n) is 3.99. The van der Waals surface area contributed by atoms with Gasteiger partial charge in [0.2, 0.25) is 0 Å². The second kappa shape index (κ2) is 6.84. The summed E-state index contributed by atoms with van der Waals surface area (Å²) in [5.41, 5.74) is 0. The Morgan fingerprint density at radius 1 is 0.875 bits per heavy atom. The van der Waals surface area contributed by atoms with Gasteiger partial charge in [-0.25, -0.2) is 0 Å². The van der Waals surface area contributed by atoms with Crippen molar-refractivity contribution < 1.29 is 9.59 Å². The highest BCUT2D eigenvalue weighted by Crippen LogP contribution is 1.84. The van der Waals surface area contributed by atoms with Gasteiger partial charge in [-0.05, 0) is 23.2 Å². The average Bonchev–Trinajstić information content (AvgIpc) is 1.36. The molecule has 0 heterocycles. The summed E-state index contributed by atoms with van der Waals surface area (Å²) < 4.78 is 0. The van der Waals surface area contributed by atoms with E-state index in [0.717, 1.165) is 0 Å². The molecule has 0 saturated heterocycles. The largest absolute Gasteiger partial charge is 0.344 e. The fourth-order valence-corrected chi connectivity index (χ4v) is 0. The molecule has 50 valence electrons. The smallest absolute Gasteiger partial charge is 0.304 e. The zero-order valence-corrected chi connectivity index (χ0v) is 5.50. The van der Waals surface area contributed by atoms with Crippen LogP contribution in [0.1, 0.15) is 0 Å². The van der Waals surface area contributed by atoms with Crippen LogP contribution < -0.4 is 12.3 Å². The highest BCUT2D eigenvalue weighted by atomic mass is 35.5. The van der Waals surface area contributed by atoms with Gasteiger partial charge in [-0.15, -0.1) is 0 Å². The van der Waals surface area contributed by atoms with E-state index < -0.39 is 10.5 Å². The summed E-state index contributed by atoms with van der Waals surface area (Å²) in [5, 5.41) is -2.28.